The van der Waals surface area contributed by atoms with Gasteiger partial charge >= 0.3 is 5.97 Å². The average Bonchev–Trinajstić information content (AvgIpc) is 2.18. The van der Waals surface area contributed by atoms with Crippen molar-refractivity contribution in [1.82, 2.24) is 0 Å². The minimum Gasteiger partial charge on any atom is -0.478 e. The molecule has 0 aliphatic heterocycles. The summed E-state index contributed by atoms with van der Waals surface area (Å²) in [4.78, 5) is 10.4. The summed E-state index contributed by atoms with van der Waals surface area (Å²) < 4.78 is 0. The summed E-state index contributed by atoms with van der Waals surface area (Å²) in [6.45, 7) is 3.79. The van der Waals surface area contributed by atoms with Crippen LogP contribution in [0.5, 0.6) is 0 Å². The Bertz CT molecular complexity index is 406. The van der Waals surface area contributed by atoms with Gasteiger partial charge in [0.25, 0.3) is 0 Å². The Morgan fingerprint density at radius 2 is 2.00 bits per heavy atom. The molecule has 1 rings (SSSR count). The van der Waals surface area contributed by atoms with Crippen LogP contribution in [-0.2, 0) is 11.4 Å². The normalized spacial score (nSPS) is 10.9. The Hall–Kier alpha value is -1.61. The van der Waals surface area contributed by atoms with E-state index in [-0.39, 0.29) is 6.61 Å². The first-order valence-electron chi connectivity index (χ1n) is 4.66. The van der Waals surface area contributed by atoms with Gasteiger partial charge in [0.15, 0.2) is 0 Å². The largest absolute Gasteiger partial charge is 0.478 e. The zero-order valence-electron chi connectivity index (χ0n) is 8.82. The fourth-order valence-electron chi connectivity index (χ4n) is 1.41. The third kappa shape index (κ3) is 2.92. The van der Waals surface area contributed by atoms with E-state index >= 15 is 0 Å². The van der Waals surface area contributed by atoms with Crippen molar-refractivity contribution in [2.45, 2.75) is 20.5 Å². The number of hydrogen-bond donors (Lipinski definition) is 2. The summed E-state index contributed by atoms with van der Waals surface area (Å²) >= 11 is 0. The first-order chi connectivity index (χ1) is 7.04. The van der Waals surface area contributed by atoms with E-state index in [4.69, 9.17) is 10.2 Å². The number of aryl methyl sites for hydroxylation is 2. The smallest absolute Gasteiger partial charge is 0.328 e. The lowest BCUT2D eigenvalue weighted by Gasteiger charge is -2.07. The van der Waals surface area contributed by atoms with Crippen molar-refractivity contribution < 1.29 is 15.0 Å². The van der Waals surface area contributed by atoms with Crippen molar-refractivity contribution in [3.63, 3.8) is 0 Å². The van der Waals surface area contributed by atoms with Crippen LogP contribution in [0, 0.1) is 13.8 Å². The highest BCUT2D eigenvalue weighted by Gasteiger charge is 2.01. The van der Waals surface area contributed by atoms with Crippen LogP contribution in [-0.4, -0.2) is 16.2 Å². The SMILES string of the molecule is Cc1cc(CO)c(C)cc1/C=C/C(=O)O. The lowest BCUT2D eigenvalue weighted by atomic mass is 10.00. The molecular formula is C12H14O3. The Labute approximate surface area is 88.7 Å². The molecule has 0 unspecified atom stereocenters. The highest BCUT2D eigenvalue weighted by molar-refractivity contribution is 5.85. The minimum atomic E-state index is -0.960. The molecule has 3 heteroatoms. The van der Waals surface area contributed by atoms with E-state index in [1.807, 2.05) is 26.0 Å². The molecule has 0 heterocycles. The van der Waals surface area contributed by atoms with Crippen molar-refractivity contribution in [3.8, 4) is 0 Å². The van der Waals surface area contributed by atoms with Gasteiger partial charge in [0.1, 0.15) is 0 Å². The van der Waals surface area contributed by atoms with Crippen LogP contribution in [0.2, 0.25) is 0 Å². The first-order valence-corrected chi connectivity index (χ1v) is 4.66. The number of aliphatic hydroxyl groups excluding tert-OH is 1. The molecule has 3 nitrogen and oxygen atoms in total. The summed E-state index contributed by atoms with van der Waals surface area (Å²) in [5, 5.41) is 17.5. The van der Waals surface area contributed by atoms with Gasteiger partial charge in [0, 0.05) is 6.08 Å². The molecule has 0 aliphatic carbocycles. The molecular weight excluding hydrogens is 192 g/mol. The molecule has 0 bridgehead atoms. The van der Waals surface area contributed by atoms with Crippen LogP contribution in [0.1, 0.15) is 22.3 Å². The maximum Gasteiger partial charge on any atom is 0.328 e. The van der Waals surface area contributed by atoms with Crippen LogP contribution in [0.4, 0.5) is 0 Å². The molecule has 0 saturated heterocycles. The van der Waals surface area contributed by atoms with Crippen molar-refractivity contribution in [1.29, 1.82) is 0 Å². The number of carbonyl (C=O) groups is 1. The number of hydrogen-bond acceptors (Lipinski definition) is 2. The topological polar surface area (TPSA) is 57.5 Å². The molecule has 0 aliphatic rings. The molecule has 1 aromatic carbocycles. The third-order valence-corrected chi connectivity index (χ3v) is 2.30. The number of benzene rings is 1. The Balaban J connectivity index is 3.10. The van der Waals surface area contributed by atoms with Gasteiger partial charge in [-0.1, -0.05) is 12.1 Å². The van der Waals surface area contributed by atoms with E-state index in [9.17, 15) is 4.79 Å². The summed E-state index contributed by atoms with van der Waals surface area (Å²) in [7, 11) is 0. The molecule has 0 fully saturated rings. The van der Waals surface area contributed by atoms with Gasteiger partial charge in [-0.05, 0) is 42.2 Å². The van der Waals surface area contributed by atoms with E-state index in [1.54, 1.807) is 6.08 Å². The van der Waals surface area contributed by atoms with E-state index in [0.29, 0.717) is 0 Å². The molecule has 2 N–H and O–H groups in total. The molecule has 0 amide bonds. The second-order valence-electron chi connectivity index (χ2n) is 3.46. The van der Waals surface area contributed by atoms with E-state index in [2.05, 4.69) is 0 Å². The van der Waals surface area contributed by atoms with Gasteiger partial charge in [0.2, 0.25) is 0 Å². The van der Waals surface area contributed by atoms with E-state index in [1.165, 1.54) is 0 Å². The quantitative estimate of drug-likeness (QED) is 0.742. The van der Waals surface area contributed by atoms with Crippen LogP contribution in [0.3, 0.4) is 0 Å². The van der Waals surface area contributed by atoms with E-state index in [0.717, 1.165) is 28.3 Å². The van der Waals surface area contributed by atoms with Crippen LogP contribution < -0.4 is 0 Å². The van der Waals surface area contributed by atoms with Crippen molar-refractivity contribution >= 4 is 12.0 Å². The summed E-state index contributed by atoms with van der Waals surface area (Å²) in [5.41, 5.74) is 3.67. The standard InChI is InChI=1S/C12H14O3/c1-8-6-11(7-13)9(2)5-10(8)3-4-12(14)15/h3-6,13H,7H2,1-2H3,(H,14,15)/b4-3+. The summed E-state index contributed by atoms with van der Waals surface area (Å²) in [6.07, 6.45) is 2.67. The molecule has 0 spiro atoms. The maximum atomic E-state index is 10.4. The van der Waals surface area contributed by atoms with E-state index < -0.39 is 5.97 Å². The molecule has 15 heavy (non-hydrogen) atoms. The van der Waals surface area contributed by atoms with Crippen LogP contribution in [0.25, 0.3) is 6.08 Å². The second kappa shape index (κ2) is 4.75. The van der Waals surface area contributed by atoms with Gasteiger partial charge in [-0.2, -0.15) is 0 Å². The molecule has 80 valence electrons. The first kappa shape index (κ1) is 11.5. The Morgan fingerprint density at radius 1 is 1.33 bits per heavy atom. The monoisotopic (exact) mass is 206 g/mol. The molecule has 0 atom stereocenters. The average molecular weight is 206 g/mol. The van der Waals surface area contributed by atoms with Gasteiger partial charge in [-0.3, -0.25) is 0 Å². The predicted octanol–water partition coefficient (Wildman–Crippen LogP) is 1.89. The number of rotatable bonds is 3. The number of carboxylic acids is 1. The maximum absolute atomic E-state index is 10.4. The second-order valence-corrected chi connectivity index (χ2v) is 3.46. The summed E-state index contributed by atoms with van der Waals surface area (Å²) in [5.74, 6) is -0.960. The lowest BCUT2D eigenvalue weighted by Crippen LogP contribution is -1.93. The van der Waals surface area contributed by atoms with Gasteiger partial charge in [-0.15, -0.1) is 0 Å². The third-order valence-electron chi connectivity index (χ3n) is 2.30. The highest BCUT2D eigenvalue weighted by Crippen LogP contribution is 2.17. The number of aliphatic hydroxyl groups is 1. The van der Waals surface area contributed by atoms with Crippen molar-refractivity contribution in [3.05, 3.63) is 40.5 Å². The lowest BCUT2D eigenvalue weighted by molar-refractivity contribution is -0.131. The molecule has 0 aromatic heterocycles. The van der Waals surface area contributed by atoms with Gasteiger partial charge in [-0.25, -0.2) is 4.79 Å². The van der Waals surface area contributed by atoms with Gasteiger partial charge < -0.3 is 10.2 Å². The fraction of sp³-hybridized carbons (Fsp3) is 0.250. The Kier molecular flexibility index (Phi) is 3.63. The predicted molar refractivity (Wildman–Crippen MR) is 58.5 cm³/mol. The van der Waals surface area contributed by atoms with Gasteiger partial charge in [0.05, 0.1) is 6.61 Å². The van der Waals surface area contributed by atoms with Crippen LogP contribution in [0.15, 0.2) is 18.2 Å². The zero-order chi connectivity index (χ0) is 11.4. The zero-order valence-corrected chi connectivity index (χ0v) is 8.82. The van der Waals surface area contributed by atoms with Crippen molar-refractivity contribution in [2.24, 2.45) is 0 Å². The molecule has 0 radical (unpaired) electrons. The highest BCUT2D eigenvalue weighted by atomic mass is 16.4. The fourth-order valence-corrected chi connectivity index (χ4v) is 1.41. The number of aliphatic carboxylic acids is 1. The minimum absolute atomic E-state index is 0.00952. The van der Waals surface area contributed by atoms with Crippen molar-refractivity contribution in [2.75, 3.05) is 0 Å². The molecule has 0 saturated carbocycles. The Morgan fingerprint density at radius 3 is 2.53 bits per heavy atom. The number of carboxylic acid groups (broad SMARTS) is 1. The molecule has 1 aromatic rings. The summed E-state index contributed by atoms with van der Waals surface area (Å²) in [6, 6.07) is 3.75. The van der Waals surface area contributed by atoms with Crippen LogP contribution >= 0.6 is 0 Å².